The molecule has 0 amide bonds. The standard InChI is InChI=1S/C8H10BrNO2S/c1-10-3-6(8(11)12)7-2-5(9)4-13-7/h2,4,6,10H,3H2,1H3,(H,11,12). The zero-order chi connectivity index (χ0) is 9.84. The quantitative estimate of drug-likeness (QED) is 0.873. The fourth-order valence-corrected chi connectivity index (χ4v) is 2.56. The second-order valence-corrected chi connectivity index (χ2v) is 4.47. The first-order valence-corrected chi connectivity index (χ1v) is 5.43. The molecular formula is C8H10BrNO2S. The van der Waals surface area contributed by atoms with Gasteiger partial charge in [-0.1, -0.05) is 0 Å². The van der Waals surface area contributed by atoms with Crippen molar-refractivity contribution in [2.75, 3.05) is 13.6 Å². The normalized spacial score (nSPS) is 12.8. The van der Waals surface area contributed by atoms with E-state index in [9.17, 15) is 4.79 Å². The molecule has 0 aromatic carbocycles. The SMILES string of the molecule is CNCC(C(=O)O)c1cc(Br)cs1. The molecule has 1 rings (SSSR count). The van der Waals surface area contributed by atoms with Gasteiger partial charge in [0.05, 0.1) is 0 Å². The lowest BCUT2D eigenvalue weighted by Crippen LogP contribution is -2.23. The van der Waals surface area contributed by atoms with Gasteiger partial charge in [-0.25, -0.2) is 0 Å². The lowest BCUT2D eigenvalue weighted by atomic mass is 10.1. The molecular weight excluding hydrogens is 254 g/mol. The summed E-state index contributed by atoms with van der Waals surface area (Å²) >= 11 is 4.76. The topological polar surface area (TPSA) is 49.3 Å². The Morgan fingerprint density at radius 3 is 2.92 bits per heavy atom. The molecule has 0 saturated heterocycles. The average Bonchev–Trinajstić information content (AvgIpc) is 2.46. The molecule has 0 aliphatic rings. The molecule has 1 unspecified atom stereocenters. The van der Waals surface area contributed by atoms with Crippen molar-refractivity contribution in [3.63, 3.8) is 0 Å². The number of hydrogen-bond donors (Lipinski definition) is 2. The van der Waals surface area contributed by atoms with Gasteiger partial charge in [-0.2, -0.15) is 0 Å². The molecule has 0 aliphatic heterocycles. The maximum absolute atomic E-state index is 10.9. The van der Waals surface area contributed by atoms with Crippen LogP contribution in [0.25, 0.3) is 0 Å². The van der Waals surface area contributed by atoms with Crippen LogP contribution in [0.15, 0.2) is 15.9 Å². The van der Waals surface area contributed by atoms with Crippen LogP contribution in [0.5, 0.6) is 0 Å². The molecule has 1 atom stereocenters. The Balaban J connectivity index is 2.81. The van der Waals surface area contributed by atoms with Gasteiger partial charge >= 0.3 is 5.97 Å². The van der Waals surface area contributed by atoms with E-state index < -0.39 is 11.9 Å². The van der Waals surface area contributed by atoms with E-state index in [0.29, 0.717) is 6.54 Å². The number of hydrogen-bond acceptors (Lipinski definition) is 3. The lowest BCUT2D eigenvalue weighted by molar-refractivity contribution is -0.138. The Hall–Kier alpha value is -0.390. The van der Waals surface area contributed by atoms with Crippen molar-refractivity contribution in [3.8, 4) is 0 Å². The molecule has 0 fully saturated rings. The van der Waals surface area contributed by atoms with Gasteiger partial charge in [-0.15, -0.1) is 11.3 Å². The molecule has 0 saturated carbocycles. The predicted molar refractivity (Wildman–Crippen MR) is 56.3 cm³/mol. The molecule has 5 heteroatoms. The molecule has 72 valence electrons. The van der Waals surface area contributed by atoms with Gasteiger partial charge in [-0.05, 0) is 29.0 Å². The Morgan fingerprint density at radius 1 is 1.85 bits per heavy atom. The van der Waals surface area contributed by atoms with Crippen molar-refractivity contribution in [1.82, 2.24) is 5.32 Å². The highest BCUT2D eigenvalue weighted by Gasteiger charge is 2.20. The number of rotatable bonds is 4. The van der Waals surface area contributed by atoms with Gasteiger partial charge in [0.2, 0.25) is 0 Å². The zero-order valence-corrected chi connectivity index (χ0v) is 9.48. The van der Waals surface area contributed by atoms with E-state index in [-0.39, 0.29) is 0 Å². The van der Waals surface area contributed by atoms with Gasteiger partial charge in [-0.3, -0.25) is 4.79 Å². The minimum atomic E-state index is -0.788. The summed E-state index contributed by atoms with van der Waals surface area (Å²) < 4.78 is 0.940. The second-order valence-electron chi connectivity index (χ2n) is 2.62. The van der Waals surface area contributed by atoms with Crippen molar-refractivity contribution in [1.29, 1.82) is 0 Å². The maximum Gasteiger partial charge on any atom is 0.313 e. The summed E-state index contributed by atoms with van der Waals surface area (Å²) in [5.41, 5.74) is 0. The van der Waals surface area contributed by atoms with E-state index in [1.54, 1.807) is 7.05 Å². The minimum absolute atomic E-state index is 0.443. The number of aliphatic carboxylic acids is 1. The van der Waals surface area contributed by atoms with Crippen LogP contribution in [0.3, 0.4) is 0 Å². The van der Waals surface area contributed by atoms with Crippen LogP contribution in [0.2, 0.25) is 0 Å². The summed E-state index contributed by atoms with van der Waals surface area (Å²) in [6, 6.07) is 1.85. The zero-order valence-electron chi connectivity index (χ0n) is 7.08. The summed E-state index contributed by atoms with van der Waals surface area (Å²) in [6.45, 7) is 0.461. The summed E-state index contributed by atoms with van der Waals surface area (Å²) in [6.07, 6.45) is 0. The number of nitrogens with one attached hydrogen (secondary N) is 1. The summed E-state index contributed by atoms with van der Waals surface area (Å²) in [4.78, 5) is 11.7. The van der Waals surface area contributed by atoms with E-state index >= 15 is 0 Å². The third kappa shape index (κ3) is 2.79. The number of carbonyl (C=O) groups is 1. The Bertz CT molecular complexity index is 300. The molecule has 13 heavy (non-hydrogen) atoms. The highest BCUT2D eigenvalue weighted by atomic mass is 79.9. The number of thiophene rings is 1. The van der Waals surface area contributed by atoms with Crippen LogP contribution < -0.4 is 5.32 Å². The molecule has 3 nitrogen and oxygen atoms in total. The summed E-state index contributed by atoms with van der Waals surface area (Å²) in [5.74, 6) is -1.23. The first-order valence-electron chi connectivity index (χ1n) is 3.76. The molecule has 0 aliphatic carbocycles. The van der Waals surface area contributed by atoms with Crippen LogP contribution in [-0.4, -0.2) is 24.7 Å². The Morgan fingerprint density at radius 2 is 2.54 bits per heavy atom. The van der Waals surface area contributed by atoms with Gasteiger partial charge in [0.15, 0.2) is 0 Å². The van der Waals surface area contributed by atoms with Crippen LogP contribution in [0.1, 0.15) is 10.8 Å². The maximum atomic E-state index is 10.9. The highest BCUT2D eigenvalue weighted by Crippen LogP contribution is 2.26. The highest BCUT2D eigenvalue weighted by molar-refractivity contribution is 9.10. The van der Waals surface area contributed by atoms with Crippen LogP contribution in [-0.2, 0) is 4.79 Å². The smallest absolute Gasteiger partial charge is 0.313 e. The van der Waals surface area contributed by atoms with Crippen molar-refractivity contribution in [2.24, 2.45) is 0 Å². The van der Waals surface area contributed by atoms with E-state index in [1.165, 1.54) is 11.3 Å². The van der Waals surface area contributed by atoms with Crippen LogP contribution >= 0.6 is 27.3 Å². The molecule has 0 spiro atoms. The molecule has 1 aromatic heterocycles. The first kappa shape index (κ1) is 10.7. The number of likely N-dealkylation sites (N-methyl/N-ethyl adjacent to an activating group) is 1. The predicted octanol–water partition coefficient (Wildman–Crippen LogP) is 1.90. The Labute approximate surface area is 88.9 Å². The molecule has 0 radical (unpaired) electrons. The summed E-state index contributed by atoms with van der Waals surface area (Å²) in [7, 11) is 1.75. The fourth-order valence-electron chi connectivity index (χ4n) is 1.02. The third-order valence-corrected chi connectivity index (χ3v) is 3.44. The second kappa shape index (κ2) is 4.74. The first-order chi connectivity index (χ1) is 6.15. The number of carboxylic acid groups (broad SMARTS) is 1. The summed E-state index contributed by atoms with van der Waals surface area (Å²) in [5, 5.41) is 13.7. The third-order valence-electron chi connectivity index (χ3n) is 1.64. The van der Waals surface area contributed by atoms with Crippen LogP contribution in [0, 0.1) is 0 Å². The number of carboxylic acids is 1. The average molecular weight is 264 g/mol. The minimum Gasteiger partial charge on any atom is -0.481 e. The van der Waals surface area contributed by atoms with Crippen molar-refractivity contribution in [2.45, 2.75) is 5.92 Å². The van der Waals surface area contributed by atoms with Crippen molar-refractivity contribution < 1.29 is 9.90 Å². The lowest BCUT2D eigenvalue weighted by Gasteiger charge is -2.08. The van der Waals surface area contributed by atoms with E-state index in [2.05, 4.69) is 21.2 Å². The monoisotopic (exact) mass is 263 g/mol. The van der Waals surface area contributed by atoms with E-state index in [0.717, 1.165) is 9.35 Å². The van der Waals surface area contributed by atoms with Gasteiger partial charge in [0, 0.05) is 21.3 Å². The molecule has 1 heterocycles. The van der Waals surface area contributed by atoms with Gasteiger partial charge in [0.25, 0.3) is 0 Å². The van der Waals surface area contributed by atoms with Crippen LogP contribution in [0.4, 0.5) is 0 Å². The van der Waals surface area contributed by atoms with Gasteiger partial charge in [0.1, 0.15) is 5.92 Å². The largest absolute Gasteiger partial charge is 0.481 e. The van der Waals surface area contributed by atoms with Gasteiger partial charge < -0.3 is 10.4 Å². The molecule has 0 bridgehead atoms. The molecule has 2 N–H and O–H groups in total. The van der Waals surface area contributed by atoms with E-state index in [1.807, 2.05) is 11.4 Å². The fraction of sp³-hybridized carbons (Fsp3) is 0.375. The molecule has 1 aromatic rings. The van der Waals surface area contributed by atoms with Crippen molar-refractivity contribution >= 4 is 33.2 Å². The van der Waals surface area contributed by atoms with Crippen molar-refractivity contribution in [3.05, 3.63) is 20.8 Å². The van der Waals surface area contributed by atoms with E-state index in [4.69, 9.17) is 5.11 Å². The number of halogens is 1. The Kier molecular flexibility index (Phi) is 3.90.